The lowest BCUT2D eigenvalue weighted by Crippen LogP contribution is -1.82. The van der Waals surface area contributed by atoms with E-state index in [9.17, 15) is 4.79 Å². The SMILES string of the molecule is C=CC(=O)O.CC(O)c1cccs1. The summed E-state index contributed by atoms with van der Waals surface area (Å²) in [5.41, 5.74) is 0. The molecule has 1 aromatic rings. The molecule has 1 aromatic heterocycles. The van der Waals surface area contributed by atoms with Gasteiger partial charge >= 0.3 is 5.97 Å². The Balaban J connectivity index is 0.000000252. The lowest BCUT2D eigenvalue weighted by Gasteiger charge is -1.95. The molecule has 2 N–H and O–H groups in total. The van der Waals surface area contributed by atoms with Crippen molar-refractivity contribution in [1.82, 2.24) is 0 Å². The average Bonchev–Trinajstić information content (AvgIpc) is 2.57. The Morgan fingerprint density at radius 1 is 1.77 bits per heavy atom. The minimum absolute atomic E-state index is 0.296. The average molecular weight is 200 g/mol. The maximum atomic E-state index is 9.25. The third-order valence-electron chi connectivity index (χ3n) is 1.13. The summed E-state index contributed by atoms with van der Waals surface area (Å²) in [6.07, 6.45) is 0.537. The first-order valence-corrected chi connectivity index (χ1v) is 4.52. The first-order chi connectivity index (χ1) is 6.07. The van der Waals surface area contributed by atoms with Crippen LogP contribution in [0.4, 0.5) is 0 Å². The summed E-state index contributed by atoms with van der Waals surface area (Å²) in [5, 5.41) is 18.5. The number of carboxylic acids is 1. The molecule has 0 saturated heterocycles. The van der Waals surface area contributed by atoms with E-state index in [1.807, 2.05) is 17.5 Å². The topological polar surface area (TPSA) is 57.5 Å². The van der Waals surface area contributed by atoms with Crippen LogP contribution in [0.3, 0.4) is 0 Å². The summed E-state index contributed by atoms with van der Waals surface area (Å²) in [7, 11) is 0. The maximum Gasteiger partial charge on any atom is 0.327 e. The van der Waals surface area contributed by atoms with Gasteiger partial charge in [0.2, 0.25) is 0 Å². The van der Waals surface area contributed by atoms with E-state index in [1.165, 1.54) is 0 Å². The Kier molecular flexibility index (Phi) is 5.84. The van der Waals surface area contributed by atoms with E-state index in [-0.39, 0.29) is 6.10 Å². The molecule has 0 aliphatic rings. The number of aliphatic hydroxyl groups is 1. The number of aliphatic hydroxyl groups excluding tert-OH is 1. The standard InChI is InChI=1S/C6H8OS.C3H4O2/c1-5(7)6-3-2-4-8-6;1-2-3(4)5/h2-5,7H,1H3;2H,1H2,(H,4,5). The zero-order valence-corrected chi connectivity index (χ0v) is 8.12. The van der Waals surface area contributed by atoms with Crippen molar-refractivity contribution in [3.05, 3.63) is 35.0 Å². The van der Waals surface area contributed by atoms with Gasteiger partial charge in [0.05, 0.1) is 6.10 Å². The largest absolute Gasteiger partial charge is 0.478 e. The van der Waals surface area contributed by atoms with E-state index in [0.29, 0.717) is 0 Å². The first-order valence-electron chi connectivity index (χ1n) is 3.64. The fourth-order valence-electron chi connectivity index (χ4n) is 0.529. The zero-order chi connectivity index (χ0) is 10.3. The quantitative estimate of drug-likeness (QED) is 0.718. The predicted octanol–water partition coefficient (Wildman–Crippen LogP) is 2.06. The van der Waals surface area contributed by atoms with Gasteiger partial charge in [0.25, 0.3) is 0 Å². The summed E-state index contributed by atoms with van der Waals surface area (Å²) >= 11 is 1.58. The minimum atomic E-state index is -0.981. The molecule has 4 heteroatoms. The highest BCUT2D eigenvalue weighted by atomic mass is 32.1. The van der Waals surface area contributed by atoms with E-state index in [0.717, 1.165) is 11.0 Å². The number of carboxylic acid groups (broad SMARTS) is 1. The second-order valence-electron chi connectivity index (χ2n) is 2.23. The number of carbonyl (C=O) groups is 1. The number of aliphatic carboxylic acids is 1. The first kappa shape index (κ1) is 11.9. The molecule has 0 fully saturated rings. The molecular formula is C9H12O3S. The van der Waals surface area contributed by atoms with E-state index in [2.05, 4.69) is 6.58 Å². The van der Waals surface area contributed by atoms with Crippen LogP contribution in [-0.2, 0) is 4.79 Å². The van der Waals surface area contributed by atoms with Gasteiger partial charge in [0.15, 0.2) is 0 Å². The molecule has 0 aromatic carbocycles. The molecule has 1 rings (SSSR count). The molecule has 0 bridgehead atoms. The minimum Gasteiger partial charge on any atom is -0.478 e. The highest BCUT2D eigenvalue weighted by Crippen LogP contribution is 2.16. The molecule has 0 radical (unpaired) electrons. The summed E-state index contributed by atoms with van der Waals surface area (Å²) in [5.74, 6) is -0.981. The number of hydrogen-bond donors (Lipinski definition) is 2. The van der Waals surface area contributed by atoms with Crippen LogP contribution in [-0.4, -0.2) is 16.2 Å². The predicted molar refractivity (Wildman–Crippen MR) is 52.8 cm³/mol. The summed E-state index contributed by atoms with van der Waals surface area (Å²) in [6.45, 7) is 4.73. The molecule has 13 heavy (non-hydrogen) atoms. The van der Waals surface area contributed by atoms with Crippen LogP contribution in [0.15, 0.2) is 30.2 Å². The highest BCUT2D eigenvalue weighted by molar-refractivity contribution is 7.10. The Bertz CT molecular complexity index is 252. The monoisotopic (exact) mass is 200 g/mol. The van der Waals surface area contributed by atoms with E-state index in [4.69, 9.17) is 10.2 Å². The molecule has 72 valence electrons. The number of hydrogen-bond acceptors (Lipinski definition) is 3. The lowest BCUT2D eigenvalue weighted by molar-refractivity contribution is -0.131. The van der Waals surface area contributed by atoms with E-state index < -0.39 is 5.97 Å². The van der Waals surface area contributed by atoms with Crippen molar-refractivity contribution in [2.75, 3.05) is 0 Å². The fraction of sp³-hybridized carbons (Fsp3) is 0.222. The molecule has 1 heterocycles. The Labute approximate surface area is 81.0 Å². The van der Waals surface area contributed by atoms with Gasteiger partial charge in [-0.25, -0.2) is 4.79 Å². The lowest BCUT2D eigenvalue weighted by atomic mass is 10.3. The van der Waals surface area contributed by atoms with Crippen LogP contribution >= 0.6 is 11.3 Å². The Morgan fingerprint density at radius 2 is 2.31 bits per heavy atom. The van der Waals surface area contributed by atoms with Gasteiger partial charge in [-0.2, -0.15) is 0 Å². The van der Waals surface area contributed by atoms with Crippen LogP contribution in [0, 0.1) is 0 Å². The molecule has 0 aliphatic heterocycles. The number of rotatable bonds is 2. The van der Waals surface area contributed by atoms with Crippen molar-refractivity contribution in [2.45, 2.75) is 13.0 Å². The van der Waals surface area contributed by atoms with Crippen LogP contribution in [0.2, 0.25) is 0 Å². The maximum absolute atomic E-state index is 9.25. The second-order valence-corrected chi connectivity index (χ2v) is 3.21. The third kappa shape index (κ3) is 6.07. The van der Waals surface area contributed by atoms with Crippen molar-refractivity contribution in [3.8, 4) is 0 Å². The summed E-state index contributed by atoms with van der Waals surface area (Å²) in [6, 6.07) is 3.86. The van der Waals surface area contributed by atoms with Gasteiger partial charge < -0.3 is 10.2 Å². The molecule has 0 aliphatic carbocycles. The van der Waals surface area contributed by atoms with Crippen LogP contribution in [0.1, 0.15) is 17.9 Å². The molecule has 0 spiro atoms. The van der Waals surface area contributed by atoms with E-state index in [1.54, 1.807) is 18.3 Å². The van der Waals surface area contributed by atoms with Gasteiger partial charge in [0.1, 0.15) is 0 Å². The van der Waals surface area contributed by atoms with Crippen LogP contribution < -0.4 is 0 Å². The third-order valence-corrected chi connectivity index (χ3v) is 2.17. The van der Waals surface area contributed by atoms with Crippen LogP contribution in [0.25, 0.3) is 0 Å². The molecule has 1 unspecified atom stereocenters. The van der Waals surface area contributed by atoms with Crippen molar-refractivity contribution in [3.63, 3.8) is 0 Å². The zero-order valence-electron chi connectivity index (χ0n) is 7.30. The van der Waals surface area contributed by atoms with E-state index >= 15 is 0 Å². The Morgan fingerprint density at radius 3 is 2.46 bits per heavy atom. The highest BCUT2D eigenvalue weighted by Gasteiger charge is 1.97. The normalized spacial score (nSPS) is 10.9. The van der Waals surface area contributed by atoms with Crippen molar-refractivity contribution >= 4 is 17.3 Å². The van der Waals surface area contributed by atoms with Crippen LogP contribution in [0.5, 0.6) is 0 Å². The van der Waals surface area contributed by atoms with Gasteiger partial charge in [-0.05, 0) is 18.4 Å². The van der Waals surface area contributed by atoms with Gasteiger partial charge in [-0.15, -0.1) is 11.3 Å². The molecule has 3 nitrogen and oxygen atoms in total. The summed E-state index contributed by atoms with van der Waals surface area (Å²) in [4.78, 5) is 10.3. The van der Waals surface area contributed by atoms with Crippen molar-refractivity contribution in [1.29, 1.82) is 0 Å². The molecule has 0 saturated carbocycles. The van der Waals surface area contributed by atoms with Crippen molar-refractivity contribution < 1.29 is 15.0 Å². The Hall–Kier alpha value is -1.13. The van der Waals surface area contributed by atoms with Crippen molar-refractivity contribution in [2.24, 2.45) is 0 Å². The number of thiophene rings is 1. The summed E-state index contributed by atoms with van der Waals surface area (Å²) < 4.78 is 0. The smallest absolute Gasteiger partial charge is 0.327 e. The molecule has 1 atom stereocenters. The second kappa shape index (κ2) is 6.39. The van der Waals surface area contributed by atoms with Gasteiger partial charge in [0, 0.05) is 11.0 Å². The van der Waals surface area contributed by atoms with Gasteiger partial charge in [-0.3, -0.25) is 0 Å². The molecular weight excluding hydrogens is 188 g/mol. The molecule has 0 amide bonds. The fourth-order valence-corrected chi connectivity index (χ4v) is 1.20. The van der Waals surface area contributed by atoms with Gasteiger partial charge in [-0.1, -0.05) is 12.6 Å².